The molecule has 94 valence electrons. The second-order valence-electron chi connectivity index (χ2n) is 3.51. The van der Waals surface area contributed by atoms with Crippen LogP contribution in [0.1, 0.15) is 18.1 Å². The first kappa shape index (κ1) is 13.3. The molecule has 2 unspecified atom stereocenters. The molecule has 0 heterocycles. The minimum Gasteiger partial charge on any atom is -0.481 e. The van der Waals surface area contributed by atoms with Crippen LogP contribution in [0.2, 0.25) is 0 Å². The third-order valence-corrected chi connectivity index (χ3v) is 2.19. The summed E-state index contributed by atoms with van der Waals surface area (Å²) < 4.78 is 25.6. The molecule has 1 rings (SSSR count). The molecule has 1 aromatic carbocycles. The van der Waals surface area contributed by atoms with Gasteiger partial charge in [-0.05, 0) is 6.07 Å². The molecule has 1 aromatic rings. The lowest BCUT2D eigenvalue weighted by Gasteiger charge is -2.18. The first-order valence-electron chi connectivity index (χ1n) is 4.65. The van der Waals surface area contributed by atoms with E-state index >= 15 is 0 Å². The van der Waals surface area contributed by atoms with Gasteiger partial charge in [0.05, 0.1) is 12.5 Å². The number of nitrogen functional groups attached to an aromatic ring is 1. The van der Waals surface area contributed by atoms with Gasteiger partial charge in [0.15, 0.2) is 11.6 Å². The molecule has 0 fully saturated rings. The summed E-state index contributed by atoms with van der Waals surface area (Å²) in [6.45, 7) is 0. The summed E-state index contributed by atoms with van der Waals surface area (Å²) in [4.78, 5) is 10.3. The van der Waals surface area contributed by atoms with Crippen molar-refractivity contribution in [2.75, 3.05) is 5.73 Å². The minimum absolute atomic E-state index is 0.252. The number of aliphatic hydroxyl groups excluding tert-OH is 2. The molecular formula is C10H11F2NO4. The van der Waals surface area contributed by atoms with E-state index in [0.29, 0.717) is 12.1 Å². The fourth-order valence-corrected chi connectivity index (χ4v) is 1.33. The Hall–Kier alpha value is -1.73. The van der Waals surface area contributed by atoms with Gasteiger partial charge in [-0.15, -0.1) is 0 Å². The maximum atomic E-state index is 12.9. The zero-order chi connectivity index (χ0) is 13.2. The molecule has 0 amide bonds. The maximum absolute atomic E-state index is 12.9. The van der Waals surface area contributed by atoms with Crippen molar-refractivity contribution in [1.29, 1.82) is 0 Å². The van der Waals surface area contributed by atoms with Crippen molar-refractivity contribution in [3.05, 3.63) is 29.3 Å². The Balaban J connectivity index is 2.99. The van der Waals surface area contributed by atoms with Gasteiger partial charge in [-0.2, -0.15) is 0 Å². The summed E-state index contributed by atoms with van der Waals surface area (Å²) in [6.07, 6.45) is -4.08. The molecule has 2 atom stereocenters. The lowest BCUT2D eigenvalue weighted by atomic mass is 10.0. The molecule has 0 radical (unpaired) electrons. The van der Waals surface area contributed by atoms with Gasteiger partial charge in [0.1, 0.15) is 6.10 Å². The first-order valence-corrected chi connectivity index (χ1v) is 4.65. The lowest BCUT2D eigenvalue weighted by molar-refractivity contribution is -0.141. The number of benzene rings is 1. The number of halogens is 2. The average molecular weight is 247 g/mol. The van der Waals surface area contributed by atoms with Crippen molar-refractivity contribution in [2.45, 2.75) is 18.6 Å². The summed E-state index contributed by atoms with van der Waals surface area (Å²) in [6, 6.07) is 1.28. The SMILES string of the molecule is Nc1cc(F)c(F)cc1C(O)C(O)CC(=O)O. The van der Waals surface area contributed by atoms with Crippen LogP contribution in [-0.2, 0) is 4.79 Å². The van der Waals surface area contributed by atoms with E-state index in [-0.39, 0.29) is 11.3 Å². The normalized spacial score (nSPS) is 14.4. The van der Waals surface area contributed by atoms with E-state index in [1.807, 2.05) is 0 Å². The zero-order valence-electron chi connectivity index (χ0n) is 8.60. The van der Waals surface area contributed by atoms with E-state index in [0.717, 1.165) is 0 Å². The van der Waals surface area contributed by atoms with E-state index in [1.54, 1.807) is 0 Å². The number of anilines is 1. The molecule has 0 spiro atoms. The number of hydrogen-bond donors (Lipinski definition) is 4. The van der Waals surface area contributed by atoms with Gasteiger partial charge in [-0.25, -0.2) is 8.78 Å². The maximum Gasteiger partial charge on any atom is 0.306 e. The quantitative estimate of drug-likeness (QED) is 0.577. The van der Waals surface area contributed by atoms with Crippen molar-refractivity contribution in [2.24, 2.45) is 0 Å². The molecule has 0 bridgehead atoms. The second-order valence-corrected chi connectivity index (χ2v) is 3.51. The smallest absolute Gasteiger partial charge is 0.306 e. The van der Waals surface area contributed by atoms with E-state index in [9.17, 15) is 23.8 Å². The molecule has 0 saturated heterocycles. The summed E-state index contributed by atoms with van der Waals surface area (Å²) in [7, 11) is 0. The van der Waals surface area contributed by atoms with Crippen LogP contribution >= 0.6 is 0 Å². The van der Waals surface area contributed by atoms with Crippen LogP contribution in [0.25, 0.3) is 0 Å². The molecule has 17 heavy (non-hydrogen) atoms. The number of rotatable bonds is 4. The van der Waals surface area contributed by atoms with E-state index in [1.165, 1.54) is 0 Å². The van der Waals surface area contributed by atoms with Crippen LogP contribution in [0.3, 0.4) is 0 Å². The fourth-order valence-electron chi connectivity index (χ4n) is 1.33. The topological polar surface area (TPSA) is 104 Å². The van der Waals surface area contributed by atoms with Crippen LogP contribution in [0.15, 0.2) is 12.1 Å². The largest absolute Gasteiger partial charge is 0.481 e. The van der Waals surface area contributed by atoms with E-state index in [4.69, 9.17) is 10.8 Å². The first-order chi connectivity index (χ1) is 7.82. The standard InChI is InChI=1S/C10H11F2NO4/c11-5-1-4(7(13)2-6(5)12)10(17)8(14)3-9(15)16/h1-2,8,10,14,17H,3,13H2,(H,15,16). The fraction of sp³-hybridized carbons (Fsp3) is 0.300. The Bertz CT molecular complexity index is 439. The molecule has 7 heteroatoms. The Morgan fingerprint density at radius 3 is 2.35 bits per heavy atom. The Morgan fingerprint density at radius 2 is 1.82 bits per heavy atom. The number of nitrogens with two attached hydrogens (primary N) is 1. The monoisotopic (exact) mass is 247 g/mol. The minimum atomic E-state index is -1.69. The Labute approximate surface area is 95.1 Å². The third-order valence-electron chi connectivity index (χ3n) is 2.19. The van der Waals surface area contributed by atoms with Gasteiger partial charge in [0.25, 0.3) is 0 Å². The van der Waals surface area contributed by atoms with Crippen molar-refractivity contribution < 1.29 is 28.9 Å². The van der Waals surface area contributed by atoms with Gasteiger partial charge in [0, 0.05) is 17.3 Å². The van der Waals surface area contributed by atoms with Gasteiger partial charge in [0.2, 0.25) is 0 Å². The molecule has 5 N–H and O–H groups in total. The highest BCUT2D eigenvalue weighted by Crippen LogP contribution is 2.26. The highest BCUT2D eigenvalue weighted by molar-refractivity contribution is 5.67. The van der Waals surface area contributed by atoms with Gasteiger partial charge in [-0.1, -0.05) is 0 Å². The molecule has 0 aliphatic heterocycles. The number of carboxylic acid groups (broad SMARTS) is 1. The number of aliphatic carboxylic acids is 1. The predicted octanol–water partition coefficient (Wildman–Crippen LogP) is 0.416. The Morgan fingerprint density at radius 1 is 1.29 bits per heavy atom. The number of aliphatic hydroxyl groups is 2. The van der Waals surface area contributed by atoms with Crippen LogP contribution < -0.4 is 5.73 Å². The van der Waals surface area contributed by atoms with Crippen LogP contribution in [-0.4, -0.2) is 27.4 Å². The van der Waals surface area contributed by atoms with Gasteiger partial charge in [-0.3, -0.25) is 4.79 Å². The summed E-state index contributed by atoms with van der Waals surface area (Å²) in [5.41, 5.74) is 4.82. The third kappa shape index (κ3) is 3.11. The van der Waals surface area contributed by atoms with Crippen LogP contribution in [0, 0.1) is 11.6 Å². The van der Waals surface area contributed by atoms with Crippen LogP contribution in [0.5, 0.6) is 0 Å². The number of hydrogen-bond acceptors (Lipinski definition) is 4. The van der Waals surface area contributed by atoms with Crippen LogP contribution in [0.4, 0.5) is 14.5 Å². The van der Waals surface area contributed by atoms with Crippen molar-refractivity contribution in [3.8, 4) is 0 Å². The average Bonchev–Trinajstić information content (AvgIpc) is 2.21. The van der Waals surface area contributed by atoms with Crippen molar-refractivity contribution >= 4 is 11.7 Å². The van der Waals surface area contributed by atoms with Gasteiger partial charge < -0.3 is 21.1 Å². The number of carboxylic acids is 1. The highest BCUT2D eigenvalue weighted by Gasteiger charge is 2.24. The molecule has 0 aromatic heterocycles. The van der Waals surface area contributed by atoms with Crippen molar-refractivity contribution in [1.82, 2.24) is 0 Å². The van der Waals surface area contributed by atoms with Crippen molar-refractivity contribution in [3.63, 3.8) is 0 Å². The Kier molecular flexibility index (Phi) is 3.97. The van der Waals surface area contributed by atoms with E-state index < -0.39 is 36.2 Å². The summed E-state index contributed by atoms with van der Waals surface area (Å²) >= 11 is 0. The lowest BCUT2D eigenvalue weighted by Crippen LogP contribution is -2.22. The molecule has 0 saturated carbocycles. The second kappa shape index (κ2) is 5.07. The predicted molar refractivity (Wildman–Crippen MR) is 54.0 cm³/mol. The highest BCUT2D eigenvalue weighted by atomic mass is 19.2. The number of carbonyl (C=O) groups is 1. The zero-order valence-corrected chi connectivity index (χ0v) is 8.60. The summed E-state index contributed by atoms with van der Waals surface area (Å²) in [5, 5.41) is 27.3. The molecular weight excluding hydrogens is 236 g/mol. The molecule has 5 nitrogen and oxygen atoms in total. The van der Waals surface area contributed by atoms with Gasteiger partial charge >= 0.3 is 5.97 Å². The molecule has 0 aliphatic rings. The summed E-state index contributed by atoms with van der Waals surface area (Å²) in [5.74, 6) is -3.76. The van der Waals surface area contributed by atoms with E-state index in [2.05, 4.69) is 0 Å². The molecule has 0 aliphatic carbocycles.